The van der Waals surface area contributed by atoms with E-state index in [-0.39, 0.29) is 5.91 Å². The second kappa shape index (κ2) is 6.10. The molecule has 0 bridgehead atoms. The van der Waals surface area contributed by atoms with Crippen molar-refractivity contribution in [3.8, 4) is 0 Å². The SMILES string of the molecule is O=C(Nc1ccc(Cl)cc1)c1ccnc(N2CCCC2)n1. The molecule has 0 atom stereocenters. The van der Waals surface area contributed by atoms with Crippen LogP contribution in [0.1, 0.15) is 23.3 Å². The number of benzene rings is 1. The van der Waals surface area contributed by atoms with Crippen molar-refractivity contribution in [2.24, 2.45) is 0 Å². The van der Waals surface area contributed by atoms with Crippen LogP contribution in [0.25, 0.3) is 0 Å². The Kier molecular flexibility index (Phi) is 4.01. The zero-order valence-corrected chi connectivity index (χ0v) is 12.2. The average Bonchev–Trinajstić information content (AvgIpc) is 3.04. The fourth-order valence-electron chi connectivity index (χ4n) is 2.27. The van der Waals surface area contributed by atoms with Gasteiger partial charge in [0.2, 0.25) is 5.95 Å². The third kappa shape index (κ3) is 3.31. The summed E-state index contributed by atoms with van der Waals surface area (Å²) < 4.78 is 0. The third-order valence-corrected chi connectivity index (χ3v) is 3.62. The van der Waals surface area contributed by atoms with Gasteiger partial charge in [0.1, 0.15) is 5.69 Å². The van der Waals surface area contributed by atoms with Crippen molar-refractivity contribution in [1.82, 2.24) is 9.97 Å². The van der Waals surface area contributed by atoms with Gasteiger partial charge in [0.15, 0.2) is 0 Å². The van der Waals surface area contributed by atoms with Crippen molar-refractivity contribution in [2.75, 3.05) is 23.3 Å². The van der Waals surface area contributed by atoms with Gasteiger partial charge in [-0.1, -0.05) is 11.6 Å². The van der Waals surface area contributed by atoms with Gasteiger partial charge in [0, 0.05) is 30.0 Å². The van der Waals surface area contributed by atoms with E-state index in [4.69, 9.17) is 11.6 Å². The summed E-state index contributed by atoms with van der Waals surface area (Å²) in [6, 6.07) is 8.58. The Labute approximate surface area is 128 Å². The maximum Gasteiger partial charge on any atom is 0.274 e. The first-order chi connectivity index (χ1) is 10.2. The number of halogens is 1. The number of carbonyl (C=O) groups is 1. The fourth-order valence-corrected chi connectivity index (χ4v) is 2.40. The van der Waals surface area contributed by atoms with Gasteiger partial charge < -0.3 is 10.2 Å². The van der Waals surface area contributed by atoms with E-state index in [1.807, 2.05) is 0 Å². The van der Waals surface area contributed by atoms with Crippen LogP contribution in [0.3, 0.4) is 0 Å². The number of hydrogen-bond donors (Lipinski definition) is 1. The van der Waals surface area contributed by atoms with E-state index in [0.717, 1.165) is 25.9 Å². The molecule has 0 unspecified atom stereocenters. The quantitative estimate of drug-likeness (QED) is 0.947. The lowest BCUT2D eigenvalue weighted by Gasteiger charge is -2.15. The highest BCUT2D eigenvalue weighted by molar-refractivity contribution is 6.30. The van der Waals surface area contributed by atoms with Crippen molar-refractivity contribution >= 4 is 29.1 Å². The second-order valence-corrected chi connectivity index (χ2v) is 5.33. The predicted molar refractivity (Wildman–Crippen MR) is 82.9 cm³/mol. The Morgan fingerprint density at radius 3 is 2.57 bits per heavy atom. The number of rotatable bonds is 3. The summed E-state index contributed by atoms with van der Waals surface area (Å²) in [7, 11) is 0. The lowest BCUT2D eigenvalue weighted by atomic mass is 10.3. The Bertz CT molecular complexity index is 638. The fraction of sp³-hybridized carbons (Fsp3) is 0.267. The summed E-state index contributed by atoms with van der Waals surface area (Å²) in [6.07, 6.45) is 3.91. The maximum atomic E-state index is 12.2. The molecule has 108 valence electrons. The normalized spacial score (nSPS) is 14.2. The molecular weight excluding hydrogens is 288 g/mol. The van der Waals surface area contributed by atoms with Crippen molar-refractivity contribution < 1.29 is 4.79 Å². The van der Waals surface area contributed by atoms with Gasteiger partial charge in [0.25, 0.3) is 5.91 Å². The lowest BCUT2D eigenvalue weighted by molar-refractivity contribution is 0.102. The van der Waals surface area contributed by atoms with E-state index in [9.17, 15) is 4.79 Å². The number of nitrogens with one attached hydrogen (secondary N) is 1. The molecule has 1 amide bonds. The van der Waals surface area contributed by atoms with Gasteiger partial charge in [-0.2, -0.15) is 0 Å². The smallest absolute Gasteiger partial charge is 0.274 e. The summed E-state index contributed by atoms with van der Waals surface area (Å²) in [5.41, 5.74) is 1.05. The van der Waals surface area contributed by atoms with Crippen LogP contribution in [0.4, 0.5) is 11.6 Å². The average molecular weight is 303 g/mol. The van der Waals surface area contributed by atoms with Crippen LogP contribution in [-0.2, 0) is 0 Å². The van der Waals surface area contributed by atoms with Crippen LogP contribution in [0.5, 0.6) is 0 Å². The third-order valence-electron chi connectivity index (χ3n) is 3.37. The largest absolute Gasteiger partial charge is 0.341 e. The summed E-state index contributed by atoms with van der Waals surface area (Å²) in [5.74, 6) is 0.372. The van der Waals surface area contributed by atoms with Crippen molar-refractivity contribution in [3.63, 3.8) is 0 Å². The van der Waals surface area contributed by atoms with E-state index in [1.54, 1.807) is 36.5 Å². The van der Waals surface area contributed by atoms with Gasteiger partial charge in [-0.3, -0.25) is 4.79 Å². The van der Waals surface area contributed by atoms with E-state index in [2.05, 4.69) is 20.2 Å². The first-order valence-electron chi connectivity index (χ1n) is 6.87. The van der Waals surface area contributed by atoms with Gasteiger partial charge in [-0.05, 0) is 43.2 Å². The number of carbonyl (C=O) groups excluding carboxylic acids is 1. The monoisotopic (exact) mass is 302 g/mol. The van der Waals surface area contributed by atoms with E-state index in [0.29, 0.717) is 22.4 Å². The zero-order chi connectivity index (χ0) is 14.7. The number of hydrogen-bond acceptors (Lipinski definition) is 4. The molecule has 0 aliphatic carbocycles. The number of amides is 1. The number of anilines is 2. The number of nitrogens with zero attached hydrogens (tertiary/aromatic N) is 3. The highest BCUT2D eigenvalue weighted by Gasteiger charge is 2.16. The molecule has 6 heteroatoms. The van der Waals surface area contributed by atoms with Gasteiger partial charge in [-0.25, -0.2) is 9.97 Å². The molecule has 1 N–H and O–H groups in total. The lowest BCUT2D eigenvalue weighted by Crippen LogP contribution is -2.22. The van der Waals surface area contributed by atoms with Crippen molar-refractivity contribution in [3.05, 3.63) is 47.2 Å². The van der Waals surface area contributed by atoms with Crippen LogP contribution in [0, 0.1) is 0 Å². The minimum Gasteiger partial charge on any atom is -0.341 e. The van der Waals surface area contributed by atoms with Crippen LogP contribution < -0.4 is 10.2 Å². The molecule has 21 heavy (non-hydrogen) atoms. The Morgan fingerprint density at radius 2 is 1.86 bits per heavy atom. The van der Waals surface area contributed by atoms with Crippen LogP contribution in [-0.4, -0.2) is 29.0 Å². The summed E-state index contributed by atoms with van der Waals surface area (Å²) in [4.78, 5) is 22.9. The summed E-state index contributed by atoms with van der Waals surface area (Å²) >= 11 is 5.82. The molecule has 2 heterocycles. The van der Waals surface area contributed by atoms with Crippen molar-refractivity contribution in [1.29, 1.82) is 0 Å². The van der Waals surface area contributed by atoms with Crippen LogP contribution in [0.15, 0.2) is 36.5 Å². The molecule has 1 aliphatic rings. The van der Waals surface area contributed by atoms with Gasteiger partial charge in [0.05, 0.1) is 0 Å². The minimum absolute atomic E-state index is 0.250. The Morgan fingerprint density at radius 1 is 1.14 bits per heavy atom. The maximum absolute atomic E-state index is 12.2. The van der Waals surface area contributed by atoms with Crippen LogP contribution >= 0.6 is 11.6 Å². The second-order valence-electron chi connectivity index (χ2n) is 4.90. The molecule has 2 aromatic rings. The zero-order valence-electron chi connectivity index (χ0n) is 11.4. The molecule has 1 aromatic heterocycles. The standard InChI is InChI=1S/C15H15ClN4O/c16-11-3-5-12(6-4-11)18-14(21)13-7-8-17-15(19-13)20-9-1-2-10-20/h3-8H,1-2,9-10H2,(H,18,21). The first kappa shape index (κ1) is 13.8. The molecule has 1 fully saturated rings. The Balaban J connectivity index is 1.74. The molecule has 1 aliphatic heterocycles. The molecule has 5 nitrogen and oxygen atoms in total. The number of aromatic nitrogens is 2. The molecule has 1 aromatic carbocycles. The van der Waals surface area contributed by atoms with Crippen LogP contribution in [0.2, 0.25) is 5.02 Å². The molecule has 0 saturated carbocycles. The topological polar surface area (TPSA) is 58.1 Å². The molecule has 0 spiro atoms. The molecular formula is C15H15ClN4O. The van der Waals surface area contributed by atoms with E-state index in [1.165, 1.54) is 0 Å². The molecule has 3 rings (SSSR count). The summed E-state index contributed by atoms with van der Waals surface area (Å²) in [5, 5.41) is 3.43. The first-order valence-corrected chi connectivity index (χ1v) is 7.25. The highest BCUT2D eigenvalue weighted by atomic mass is 35.5. The van der Waals surface area contributed by atoms with Gasteiger partial charge >= 0.3 is 0 Å². The Hall–Kier alpha value is -2.14. The van der Waals surface area contributed by atoms with Crippen molar-refractivity contribution in [2.45, 2.75) is 12.8 Å². The molecule has 1 saturated heterocycles. The predicted octanol–water partition coefficient (Wildman–Crippen LogP) is 2.98. The molecule has 0 radical (unpaired) electrons. The summed E-state index contributed by atoms with van der Waals surface area (Å²) in [6.45, 7) is 1.89. The van der Waals surface area contributed by atoms with E-state index >= 15 is 0 Å². The van der Waals surface area contributed by atoms with E-state index < -0.39 is 0 Å². The highest BCUT2D eigenvalue weighted by Crippen LogP contribution is 2.17. The minimum atomic E-state index is -0.250. The van der Waals surface area contributed by atoms with Gasteiger partial charge in [-0.15, -0.1) is 0 Å².